The monoisotopic (exact) mass is 178 g/mol. The summed E-state index contributed by atoms with van der Waals surface area (Å²) in [6, 6.07) is 0. The van der Waals surface area contributed by atoms with Crippen molar-refractivity contribution in [2.24, 2.45) is 0 Å². The fourth-order valence-corrected chi connectivity index (χ4v) is 0.958. The number of nitrogens with zero attached hydrogens (tertiary/aromatic N) is 2. The molecule has 56 valence electrons. The molecule has 0 spiro atoms. The normalized spacial score (nSPS) is 10.2. The van der Waals surface area contributed by atoms with E-state index in [-0.39, 0.29) is 0 Å². The maximum Gasteiger partial charge on any atom is 0.0785 e. The Hall–Kier alpha value is -0.210. The number of aryl methyl sites for hydroxylation is 1. The molecule has 0 aliphatic rings. The smallest absolute Gasteiger partial charge is 0.0785 e. The van der Waals surface area contributed by atoms with Crippen LogP contribution in [-0.2, 0) is 6.54 Å². The van der Waals surface area contributed by atoms with Gasteiger partial charge >= 0.3 is 0 Å². The Morgan fingerprint density at radius 3 is 2.90 bits per heavy atom. The molecule has 0 radical (unpaired) electrons. The van der Waals surface area contributed by atoms with Gasteiger partial charge in [0.05, 0.1) is 11.2 Å². The predicted octanol–water partition coefficient (Wildman–Crippen LogP) is 2.17. The van der Waals surface area contributed by atoms with Crippen molar-refractivity contribution in [3.8, 4) is 0 Å². The number of hydrogen-bond donors (Lipinski definition) is 0. The van der Waals surface area contributed by atoms with Gasteiger partial charge in [-0.3, -0.25) is 4.68 Å². The van der Waals surface area contributed by atoms with E-state index in [1.165, 1.54) is 0 Å². The molecule has 0 amide bonds. The summed E-state index contributed by atoms with van der Waals surface area (Å²) in [5.41, 5.74) is 0. The Morgan fingerprint density at radius 2 is 2.40 bits per heavy atom. The van der Waals surface area contributed by atoms with Gasteiger partial charge in [-0.05, 0) is 6.42 Å². The van der Waals surface area contributed by atoms with Gasteiger partial charge in [-0.2, -0.15) is 5.10 Å². The molecule has 0 unspecified atom stereocenters. The third kappa shape index (κ3) is 2.20. The van der Waals surface area contributed by atoms with E-state index >= 15 is 0 Å². The molecule has 1 heterocycles. The lowest BCUT2D eigenvalue weighted by Gasteiger charge is -1.95. The van der Waals surface area contributed by atoms with Gasteiger partial charge in [-0.15, -0.1) is 11.6 Å². The number of halogens is 2. The molecule has 0 aliphatic heterocycles. The van der Waals surface area contributed by atoms with Crippen molar-refractivity contribution in [1.29, 1.82) is 0 Å². The molecule has 1 aromatic rings. The highest BCUT2D eigenvalue weighted by Crippen LogP contribution is 2.04. The molecule has 0 saturated heterocycles. The van der Waals surface area contributed by atoms with Crippen molar-refractivity contribution in [3.05, 3.63) is 17.4 Å². The van der Waals surface area contributed by atoms with Crippen molar-refractivity contribution in [3.63, 3.8) is 0 Å². The Bertz CT molecular complexity index is 197. The van der Waals surface area contributed by atoms with E-state index in [2.05, 4.69) is 5.10 Å². The molecular weight excluding hydrogens is 171 g/mol. The van der Waals surface area contributed by atoms with E-state index < -0.39 is 0 Å². The number of rotatable bonds is 3. The van der Waals surface area contributed by atoms with Crippen molar-refractivity contribution in [1.82, 2.24) is 9.78 Å². The molecule has 0 aromatic carbocycles. The fourth-order valence-electron chi connectivity index (χ4n) is 0.682. The van der Waals surface area contributed by atoms with Crippen LogP contribution in [0.2, 0.25) is 5.02 Å². The van der Waals surface area contributed by atoms with Crippen molar-refractivity contribution >= 4 is 23.2 Å². The molecule has 0 aliphatic carbocycles. The minimum Gasteiger partial charge on any atom is -0.271 e. The molecule has 0 N–H and O–H groups in total. The summed E-state index contributed by atoms with van der Waals surface area (Å²) in [5, 5.41) is 4.65. The van der Waals surface area contributed by atoms with Gasteiger partial charge in [0, 0.05) is 18.6 Å². The van der Waals surface area contributed by atoms with Crippen LogP contribution in [0.4, 0.5) is 0 Å². The third-order valence-corrected chi connectivity index (χ3v) is 1.59. The minimum atomic E-state index is 0.664. The Kier molecular flexibility index (Phi) is 3.03. The molecule has 1 rings (SSSR count). The second kappa shape index (κ2) is 3.84. The maximum absolute atomic E-state index is 5.62. The van der Waals surface area contributed by atoms with Crippen LogP contribution < -0.4 is 0 Å². The Morgan fingerprint density at radius 1 is 1.60 bits per heavy atom. The summed E-state index contributed by atoms with van der Waals surface area (Å²) >= 11 is 11.1. The average molecular weight is 179 g/mol. The molecule has 0 atom stereocenters. The lowest BCUT2D eigenvalue weighted by Crippen LogP contribution is -1.97. The van der Waals surface area contributed by atoms with Crippen LogP contribution >= 0.6 is 23.2 Å². The first-order valence-electron chi connectivity index (χ1n) is 3.07. The first kappa shape index (κ1) is 7.89. The molecule has 10 heavy (non-hydrogen) atoms. The van der Waals surface area contributed by atoms with Gasteiger partial charge in [0.1, 0.15) is 0 Å². The van der Waals surface area contributed by atoms with E-state index in [0.717, 1.165) is 13.0 Å². The molecule has 0 fully saturated rings. The van der Waals surface area contributed by atoms with E-state index in [4.69, 9.17) is 23.2 Å². The lowest BCUT2D eigenvalue weighted by atomic mass is 10.5. The number of hydrogen-bond acceptors (Lipinski definition) is 1. The first-order valence-corrected chi connectivity index (χ1v) is 3.98. The summed E-state index contributed by atoms with van der Waals surface area (Å²) in [5.74, 6) is 0.664. The molecule has 0 saturated carbocycles. The summed E-state index contributed by atoms with van der Waals surface area (Å²) in [7, 11) is 0. The van der Waals surface area contributed by atoms with Crippen LogP contribution in [-0.4, -0.2) is 15.7 Å². The van der Waals surface area contributed by atoms with Gasteiger partial charge in [0.25, 0.3) is 0 Å². The second-order valence-corrected chi connectivity index (χ2v) is 2.78. The van der Waals surface area contributed by atoms with E-state index in [1.807, 2.05) is 0 Å². The van der Waals surface area contributed by atoms with E-state index in [9.17, 15) is 0 Å². The fraction of sp³-hybridized carbons (Fsp3) is 0.500. The van der Waals surface area contributed by atoms with Gasteiger partial charge in [0.15, 0.2) is 0 Å². The average Bonchev–Trinajstić information content (AvgIpc) is 2.31. The number of aromatic nitrogens is 2. The quantitative estimate of drug-likeness (QED) is 0.650. The third-order valence-electron chi connectivity index (χ3n) is 1.12. The van der Waals surface area contributed by atoms with E-state index in [0.29, 0.717) is 10.9 Å². The summed E-state index contributed by atoms with van der Waals surface area (Å²) < 4.78 is 1.78. The van der Waals surface area contributed by atoms with Crippen LogP contribution in [0.3, 0.4) is 0 Å². The van der Waals surface area contributed by atoms with Crippen LogP contribution in [0, 0.1) is 0 Å². The van der Waals surface area contributed by atoms with Crippen LogP contribution in [0.5, 0.6) is 0 Å². The standard InChI is InChI=1S/C6H8Cl2N2/c7-2-1-3-10-5-6(8)4-9-10/h4-5H,1-3H2. The highest BCUT2D eigenvalue weighted by atomic mass is 35.5. The molecule has 1 aromatic heterocycles. The molecule has 4 heteroatoms. The zero-order valence-electron chi connectivity index (χ0n) is 5.43. The van der Waals surface area contributed by atoms with Crippen molar-refractivity contribution < 1.29 is 0 Å². The first-order chi connectivity index (χ1) is 4.83. The Labute approximate surface area is 69.7 Å². The SMILES string of the molecule is ClCCCn1cc(Cl)cn1. The van der Waals surface area contributed by atoms with Gasteiger partial charge in [-0.25, -0.2) is 0 Å². The Balaban J connectivity index is 2.42. The van der Waals surface area contributed by atoms with Gasteiger partial charge < -0.3 is 0 Å². The van der Waals surface area contributed by atoms with Crippen LogP contribution in [0.25, 0.3) is 0 Å². The zero-order valence-corrected chi connectivity index (χ0v) is 6.94. The summed E-state index contributed by atoms with van der Waals surface area (Å²) in [4.78, 5) is 0. The minimum absolute atomic E-state index is 0.664. The second-order valence-electron chi connectivity index (χ2n) is 1.96. The maximum atomic E-state index is 5.62. The largest absolute Gasteiger partial charge is 0.271 e. The lowest BCUT2D eigenvalue weighted by molar-refractivity contribution is 0.605. The van der Waals surface area contributed by atoms with Crippen LogP contribution in [0.15, 0.2) is 12.4 Å². The highest BCUT2D eigenvalue weighted by Gasteiger charge is 1.92. The molecular formula is C6H8Cl2N2. The van der Waals surface area contributed by atoms with Crippen LogP contribution in [0.1, 0.15) is 6.42 Å². The predicted molar refractivity (Wildman–Crippen MR) is 42.6 cm³/mol. The number of alkyl halides is 1. The summed E-state index contributed by atoms with van der Waals surface area (Å²) in [6.45, 7) is 0.843. The topological polar surface area (TPSA) is 17.8 Å². The van der Waals surface area contributed by atoms with E-state index in [1.54, 1.807) is 17.1 Å². The zero-order chi connectivity index (χ0) is 7.40. The highest BCUT2D eigenvalue weighted by molar-refractivity contribution is 6.30. The molecule has 0 bridgehead atoms. The molecule has 2 nitrogen and oxygen atoms in total. The van der Waals surface area contributed by atoms with Crippen molar-refractivity contribution in [2.75, 3.05) is 5.88 Å². The van der Waals surface area contributed by atoms with Gasteiger partial charge in [0.2, 0.25) is 0 Å². The van der Waals surface area contributed by atoms with Gasteiger partial charge in [-0.1, -0.05) is 11.6 Å². The summed E-state index contributed by atoms with van der Waals surface area (Å²) in [6.07, 6.45) is 4.34. The van der Waals surface area contributed by atoms with Crippen molar-refractivity contribution in [2.45, 2.75) is 13.0 Å².